The van der Waals surface area contributed by atoms with E-state index in [1.807, 2.05) is 4.98 Å². The van der Waals surface area contributed by atoms with E-state index in [0.717, 1.165) is 5.56 Å². The first-order valence-corrected chi connectivity index (χ1v) is 4.66. The van der Waals surface area contributed by atoms with Crippen LogP contribution in [0.25, 0.3) is 11.1 Å². The van der Waals surface area contributed by atoms with E-state index in [2.05, 4.69) is 4.98 Å². The third-order valence-corrected chi connectivity index (χ3v) is 2.23. The lowest BCUT2D eigenvalue weighted by molar-refractivity contribution is 0.629. The van der Waals surface area contributed by atoms with E-state index in [0.29, 0.717) is 0 Å². The van der Waals surface area contributed by atoms with Crippen molar-refractivity contribution in [1.82, 2.24) is 9.97 Å². The van der Waals surface area contributed by atoms with Crippen molar-refractivity contribution in [1.29, 1.82) is 0 Å². The minimum atomic E-state index is -0.610. The fourth-order valence-electron chi connectivity index (χ4n) is 1.45. The van der Waals surface area contributed by atoms with Crippen LogP contribution in [0, 0.1) is 12.7 Å². The highest BCUT2D eigenvalue weighted by atomic mass is 19.1. The summed E-state index contributed by atoms with van der Waals surface area (Å²) in [7, 11) is 0. The van der Waals surface area contributed by atoms with Crippen molar-refractivity contribution in [3.8, 4) is 11.1 Å². The van der Waals surface area contributed by atoms with Crippen molar-refractivity contribution in [2.75, 3.05) is 0 Å². The highest BCUT2D eigenvalue weighted by molar-refractivity contribution is 5.62. The summed E-state index contributed by atoms with van der Waals surface area (Å²) in [6.07, 6.45) is 1.20. The third kappa shape index (κ3) is 1.79. The maximum absolute atomic E-state index is 13.6. The first-order valence-electron chi connectivity index (χ1n) is 4.66. The number of benzene rings is 1. The number of aromatic amines is 2. The molecule has 16 heavy (non-hydrogen) atoms. The molecular formula is C11H9FN2O2. The summed E-state index contributed by atoms with van der Waals surface area (Å²) < 4.78 is 13.6. The number of nitrogens with one attached hydrogen (secondary N) is 2. The van der Waals surface area contributed by atoms with Crippen LogP contribution in [0.2, 0.25) is 0 Å². The second-order valence-electron chi connectivity index (χ2n) is 3.47. The monoisotopic (exact) mass is 220 g/mol. The van der Waals surface area contributed by atoms with E-state index >= 15 is 0 Å². The second-order valence-corrected chi connectivity index (χ2v) is 3.47. The van der Waals surface area contributed by atoms with E-state index in [4.69, 9.17) is 0 Å². The van der Waals surface area contributed by atoms with Crippen LogP contribution < -0.4 is 11.2 Å². The van der Waals surface area contributed by atoms with Crippen molar-refractivity contribution in [3.05, 3.63) is 56.6 Å². The van der Waals surface area contributed by atoms with Gasteiger partial charge in [-0.25, -0.2) is 9.18 Å². The van der Waals surface area contributed by atoms with Crippen molar-refractivity contribution >= 4 is 0 Å². The summed E-state index contributed by atoms with van der Waals surface area (Å²) in [5.74, 6) is -0.488. The summed E-state index contributed by atoms with van der Waals surface area (Å²) in [6, 6.07) is 4.54. The van der Waals surface area contributed by atoms with Gasteiger partial charge in [0.2, 0.25) is 0 Å². The lowest BCUT2D eigenvalue weighted by Crippen LogP contribution is -2.22. The molecule has 0 amide bonds. The zero-order valence-electron chi connectivity index (χ0n) is 8.50. The Balaban J connectivity index is 2.68. The molecule has 0 aliphatic heterocycles. The Morgan fingerprint density at radius 2 is 1.94 bits per heavy atom. The maximum Gasteiger partial charge on any atom is 0.325 e. The van der Waals surface area contributed by atoms with Gasteiger partial charge in [0.15, 0.2) is 0 Å². The molecule has 0 atom stereocenters. The second kappa shape index (κ2) is 3.77. The van der Waals surface area contributed by atoms with Crippen LogP contribution in [0.3, 0.4) is 0 Å². The van der Waals surface area contributed by atoms with Crippen molar-refractivity contribution in [2.45, 2.75) is 6.92 Å². The number of hydrogen-bond acceptors (Lipinski definition) is 2. The van der Waals surface area contributed by atoms with Gasteiger partial charge in [0.05, 0.1) is 5.56 Å². The van der Waals surface area contributed by atoms with Gasteiger partial charge in [-0.3, -0.25) is 9.78 Å². The summed E-state index contributed by atoms with van der Waals surface area (Å²) in [5, 5.41) is 0. The minimum Gasteiger partial charge on any atom is -0.313 e. The van der Waals surface area contributed by atoms with Crippen LogP contribution >= 0.6 is 0 Å². The molecular weight excluding hydrogens is 211 g/mol. The van der Waals surface area contributed by atoms with Gasteiger partial charge in [0.1, 0.15) is 5.82 Å². The molecule has 1 aromatic heterocycles. The Morgan fingerprint density at radius 1 is 1.19 bits per heavy atom. The molecule has 0 fully saturated rings. The van der Waals surface area contributed by atoms with Gasteiger partial charge >= 0.3 is 5.69 Å². The Labute approximate surface area is 89.8 Å². The van der Waals surface area contributed by atoms with Gasteiger partial charge in [0.25, 0.3) is 5.56 Å². The highest BCUT2D eigenvalue weighted by Gasteiger charge is 2.08. The van der Waals surface area contributed by atoms with Crippen LogP contribution in [-0.2, 0) is 0 Å². The van der Waals surface area contributed by atoms with Gasteiger partial charge in [0, 0.05) is 11.8 Å². The van der Waals surface area contributed by atoms with Gasteiger partial charge in [-0.05, 0) is 18.6 Å². The van der Waals surface area contributed by atoms with Gasteiger partial charge in [-0.1, -0.05) is 12.1 Å². The van der Waals surface area contributed by atoms with Crippen LogP contribution in [0.4, 0.5) is 4.39 Å². The molecule has 82 valence electrons. The average molecular weight is 220 g/mol. The van der Waals surface area contributed by atoms with E-state index < -0.39 is 17.1 Å². The van der Waals surface area contributed by atoms with Crippen molar-refractivity contribution in [2.24, 2.45) is 0 Å². The number of hydrogen-bond donors (Lipinski definition) is 2. The zero-order chi connectivity index (χ0) is 11.7. The summed E-state index contributed by atoms with van der Waals surface area (Å²) in [5.41, 5.74) is -0.171. The van der Waals surface area contributed by atoms with E-state index in [9.17, 15) is 14.0 Å². The normalized spacial score (nSPS) is 10.4. The fraction of sp³-hybridized carbons (Fsp3) is 0.0909. The number of aromatic nitrogens is 2. The van der Waals surface area contributed by atoms with Crippen molar-refractivity contribution < 1.29 is 4.39 Å². The summed E-state index contributed by atoms with van der Waals surface area (Å²) in [6.45, 7) is 1.75. The standard InChI is InChI=1S/C11H9FN2O2/c1-6-2-3-7(9(12)4-6)8-5-13-11(16)14-10(8)15/h2-5H,1H3,(H2,13,14,15,16). The molecule has 0 saturated carbocycles. The topological polar surface area (TPSA) is 65.7 Å². The first kappa shape index (κ1) is 10.4. The quantitative estimate of drug-likeness (QED) is 0.757. The lowest BCUT2D eigenvalue weighted by atomic mass is 10.1. The summed E-state index contributed by atoms with van der Waals surface area (Å²) >= 11 is 0. The van der Waals surface area contributed by atoms with Crippen LogP contribution in [-0.4, -0.2) is 9.97 Å². The van der Waals surface area contributed by atoms with Crippen LogP contribution in [0.15, 0.2) is 34.0 Å². The number of H-pyrrole nitrogens is 2. The average Bonchev–Trinajstić information content (AvgIpc) is 2.19. The van der Waals surface area contributed by atoms with Crippen LogP contribution in [0.1, 0.15) is 5.56 Å². The predicted octanol–water partition coefficient (Wildman–Crippen LogP) is 1.18. The lowest BCUT2D eigenvalue weighted by Gasteiger charge is -2.02. The maximum atomic E-state index is 13.6. The molecule has 0 spiro atoms. The molecule has 0 saturated heterocycles. The first-order chi connectivity index (χ1) is 7.58. The largest absolute Gasteiger partial charge is 0.325 e. The molecule has 0 radical (unpaired) electrons. The minimum absolute atomic E-state index is 0.108. The number of aryl methyl sites for hydroxylation is 1. The summed E-state index contributed by atoms with van der Waals surface area (Å²) in [4.78, 5) is 26.6. The van der Waals surface area contributed by atoms with Gasteiger partial charge < -0.3 is 4.98 Å². The Morgan fingerprint density at radius 3 is 2.56 bits per heavy atom. The smallest absolute Gasteiger partial charge is 0.313 e. The molecule has 0 bridgehead atoms. The molecule has 0 aliphatic rings. The van der Waals surface area contributed by atoms with E-state index in [-0.39, 0.29) is 11.1 Å². The third-order valence-electron chi connectivity index (χ3n) is 2.23. The number of halogens is 1. The number of rotatable bonds is 1. The molecule has 2 aromatic rings. The van der Waals surface area contributed by atoms with E-state index in [1.54, 1.807) is 13.0 Å². The zero-order valence-corrected chi connectivity index (χ0v) is 8.50. The molecule has 0 unspecified atom stereocenters. The molecule has 4 nitrogen and oxygen atoms in total. The molecule has 1 heterocycles. The van der Waals surface area contributed by atoms with Crippen molar-refractivity contribution in [3.63, 3.8) is 0 Å². The van der Waals surface area contributed by atoms with E-state index in [1.165, 1.54) is 18.3 Å². The SMILES string of the molecule is Cc1ccc(-c2c[nH]c(=O)[nH]c2=O)c(F)c1. The molecule has 1 aromatic carbocycles. The highest BCUT2D eigenvalue weighted by Crippen LogP contribution is 2.19. The fourth-order valence-corrected chi connectivity index (χ4v) is 1.45. The predicted molar refractivity (Wildman–Crippen MR) is 57.8 cm³/mol. The van der Waals surface area contributed by atoms with Crippen LogP contribution in [0.5, 0.6) is 0 Å². The Bertz CT molecular complexity index is 643. The van der Waals surface area contributed by atoms with Gasteiger partial charge in [-0.2, -0.15) is 0 Å². The molecule has 2 N–H and O–H groups in total. The molecule has 0 aliphatic carbocycles. The molecule has 5 heteroatoms. The van der Waals surface area contributed by atoms with Gasteiger partial charge in [-0.15, -0.1) is 0 Å². The Kier molecular flexibility index (Phi) is 2.44. The molecule has 2 rings (SSSR count). The Hall–Kier alpha value is -2.17.